The topological polar surface area (TPSA) is 37.4 Å². The quantitative estimate of drug-likeness (QED) is 0.812. The first kappa shape index (κ1) is 18.6. The summed E-state index contributed by atoms with van der Waals surface area (Å²) in [6, 6.07) is 4.10. The average Bonchev–Trinajstić information content (AvgIpc) is 2.41. The number of pyridine rings is 1. The molecule has 1 fully saturated rings. The zero-order chi connectivity index (χ0) is 11.8. The van der Waals surface area contributed by atoms with Crippen LogP contribution in [0.5, 0.6) is 0 Å². The molecule has 0 aliphatic carbocycles. The van der Waals surface area contributed by atoms with E-state index in [1.165, 1.54) is 18.5 Å². The number of aromatic nitrogens is 1. The SMILES string of the molecule is Cl.Cl.c1cc(CNCCCN2CCOCC2)ccn1. The minimum Gasteiger partial charge on any atom is -0.379 e. The fourth-order valence-electron chi connectivity index (χ4n) is 1.99. The third kappa shape index (κ3) is 7.70. The molecule has 1 N–H and O–H groups in total. The lowest BCUT2D eigenvalue weighted by Gasteiger charge is -2.26. The first-order chi connectivity index (χ1) is 8.45. The summed E-state index contributed by atoms with van der Waals surface area (Å²) in [7, 11) is 0. The van der Waals surface area contributed by atoms with Gasteiger partial charge in [0.05, 0.1) is 13.2 Å². The molecule has 1 saturated heterocycles. The number of morpholine rings is 1. The van der Waals surface area contributed by atoms with Crippen molar-refractivity contribution in [3.8, 4) is 0 Å². The van der Waals surface area contributed by atoms with Gasteiger partial charge in [0, 0.05) is 32.0 Å². The second-order valence-electron chi connectivity index (χ2n) is 4.34. The van der Waals surface area contributed by atoms with Crippen molar-refractivity contribution in [2.75, 3.05) is 39.4 Å². The molecule has 1 aromatic heterocycles. The fourth-order valence-corrected chi connectivity index (χ4v) is 1.99. The van der Waals surface area contributed by atoms with Gasteiger partial charge in [-0.2, -0.15) is 0 Å². The van der Waals surface area contributed by atoms with Crippen LogP contribution in [0.15, 0.2) is 24.5 Å². The number of nitrogens with zero attached hydrogens (tertiary/aromatic N) is 2. The van der Waals surface area contributed by atoms with Crippen LogP contribution < -0.4 is 5.32 Å². The fraction of sp³-hybridized carbons (Fsp3) is 0.615. The van der Waals surface area contributed by atoms with Gasteiger partial charge in [0.15, 0.2) is 0 Å². The summed E-state index contributed by atoms with van der Waals surface area (Å²) in [5.41, 5.74) is 1.30. The van der Waals surface area contributed by atoms with Crippen molar-refractivity contribution < 1.29 is 4.74 Å². The maximum atomic E-state index is 5.32. The van der Waals surface area contributed by atoms with Crippen LogP contribution in [0.2, 0.25) is 0 Å². The van der Waals surface area contributed by atoms with E-state index in [0.29, 0.717) is 0 Å². The molecule has 0 spiro atoms. The Balaban J connectivity index is 0.00000162. The van der Waals surface area contributed by atoms with Crippen LogP contribution in [-0.4, -0.2) is 49.3 Å². The molecule has 0 radical (unpaired) electrons. The Morgan fingerprint density at radius 2 is 1.84 bits per heavy atom. The van der Waals surface area contributed by atoms with Crippen LogP contribution in [0, 0.1) is 0 Å². The Kier molecular flexibility index (Phi) is 11.2. The maximum Gasteiger partial charge on any atom is 0.0594 e. The monoisotopic (exact) mass is 307 g/mol. The van der Waals surface area contributed by atoms with Crippen molar-refractivity contribution in [2.24, 2.45) is 0 Å². The standard InChI is InChI=1S/C13H21N3O.2ClH/c1(7-16-8-10-17-11-9-16)4-15-12-13-2-5-14-6-3-13;;/h2-3,5-6,15H,1,4,7-12H2;2*1H. The predicted octanol–water partition coefficient (Wildman–Crippen LogP) is 1.74. The second kappa shape index (κ2) is 11.4. The Hall–Kier alpha value is -0.390. The highest BCUT2D eigenvalue weighted by Crippen LogP contribution is 1.98. The van der Waals surface area contributed by atoms with E-state index in [9.17, 15) is 0 Å². The number of rotatable bonds is 6. The van der Waals surface area contributed by atoms with Crippen LogP contribution in [0.25, 0.3) is 0 Å². The number of hydrogen-bond acceptors (Lipinski definition) is 4. The third-order valence-electron chi connectivity index (χ3n) is 3.01. The molecule has 0 aromatic carbocycles. The van der Waals surface area contributed by atoms with Gasteiger partial charge in [-0.25, -0.2) is 0 Å². The number of ether oxygens (including phenoxy) is 1. The zero-order valence-electron chi connectivity index (χ0n) is 11.1. The molecule has 6 heteroatoms. The lowest BCUT2D eigenvalue weighted by molar-refractivity contribution is 0.0374. The summed E-state index contributed by atoms with van der Waals surface area (Å²) in [4.78, 5) is 6.47. The summed E-state index contributed by atoms with van der Waals surface area (Å²) in [5.74, 6) is 0. The molecule has 0 unspecified atom stereocenters. The molecule has 0 amide bonds. The van der Waals surface area contributed by atoms with Gasteiger partial charge >= 0.3 is 0 Å². The first-order valence-corrected chi connectivity index (χ1v) is 6.35. The molecule has 0 bridgehead atoms. The van der Waals surface area contributed by atoms with E-state index >= 15 is 0 Å². The molecular formula is C13H23Cl2N3O. The van der Waals surface area contributed by atoms with E-state index in [0.717, 1.165) is 39.4 Å². The van der Waals surface area contributed by atoms with Crippen molar-refractivity contribution in [1.82, 2.24) is 15.2 Å². The number of nitrogens with one attached hydrogen (secondary N) is 1. The Labute approximate surface area is 127 Å². The highest BCUT2D eigenvalue weighted by Gasteiger charge is 2.08. The molecule has 1 aliphatic rings. The minimum atomic E-state index is 0. The Morgan fingerprint density at radius 1 is 1.16 bits per heavy atom. The van der Waals surface area contributed by atoms with E-state index < -0.39 is 0 Å². The van der Waals surface area contributed by atoms with Crippen molar-refractivity contribution in [2.45, 2.75) is 13.0 Å². The molecule has 1 aliphatic heterocycles. The van der Waals surface area contributed by atoms with Crippen molar-refractivity contribution in [3.05, 3.63) is 30.1 Å². The maximum absolute atomic E-state index is 5.32. The van der Waals surface area contributed by atoms with Gasteiger partial charge in [-0.15, -0.1) is 24.8 Å². The van der Waals surface area contributed by atoms with Crippen LogP contribution in [0.1, 0.15) is 12.0 Å². The molecule has 4 nitrogen and oxygen atoms in total. The lowest BCUT2D eigenvalue weighted by Crippen LogP contribution is -2.37. The molecule has 110 valence electrons. The Bertz CT molecular complexity index is 308. The molecule has 2 heterocycles. The second-order valence-corrected chi connectivity index (χ2v) is 4.34. The smallest absolute Gasteiger partial charge is 0.0594 e. The van der Waals surface area contributed by atoms with Crippen LogP contribution >= 0.6 is 24.8 Å². The number of halogens is 2. The normalized spacial score (nSPS) is 15.4. The highest BCUT2D eigenvalue weighted by atomic mass is 35.5. The minimum absolute atomic E-state index is 0. The Morgan fingerprint density at radius 3 is 2.53 bits per heavy atom. The summed E-state index contributed by atoms with van der Waals surface area (Å²) in [6.45, 7) is 7.14. The van der Waals surface area contributed by atoms with Gasteiger partial charge < -0.3 is 10.1 Å². The molecule has 19 heavy (non-hydrogen) atoms. The van der Waals surface area contributed by atoms with Crippen molar-refractivity contribution >= 4 is 24.8 Å². The summed E-state index contributed by atoms with van der Waals surface area (Å²) >= 11 is 0. The van der Waals surface area contributed by atoms with Gasteiger partial charge in [-0.05, 0) is 37.2 Å². The van der Waals surface area contributed by atoms with Crippen molar-refractivity contribution in [1.29, 1.82) is 0 Å². The first-order valence-electron chi connectivity index (χ1n) is 6.35. The summed E-state index contributed by atoms with van der Waals surface area (Å²) in [6.07, 6.45) is 4.88. The van der Waals surface area contributed by atoms with Crippen LogP contribution in [0.4, 0.5) is 0 Å². The molecule has 2 rings (SSSR count). The third-order valence-corrected chi connectivity index (χ3v) is 3.01. The van der Waals surface area contributed by atoms with Crippen molar-refractivity contribution in [3.63, 3.8) is 0 Å². The van der Waals surface area contributed by atoms with Gasteiger partial charge in [0.2, 0.25) is 0 Å². The molecule has 1 aromatic rings. The zero-order valence-corrected chi connectivity index (χ0v) is 12.7. The number of hydrogen-bond donors (Lipinski definition) is 1. The van der Waals surface area contributed by atoms with E-state index in [4.69, 9.17) is 4.74 Å². The van der Waals surface area contributed by atoms with Crippen LogP contribution in [0.3, 0.4) is 0 Å². The van der Waals surface area contributed by atoms with Gasteiger partial charge in [0.1, 0.15) is 0 Å². The lowest BCUT2D eigenvalue weighted by atomic mass is 10.2. The summed E-state index contributed by atoms with van der Waals surface area (Å²) < 4.78 is 5.32. The van der Waals surface area contributed by atoms with Gasteiger partial charge in [-0.1, -0.05) is 0 Å². The molecular weight excluding hydrogens is 285 g/mol. The van der Waals surface area contributed by atoms with E-state index in [1.54, 1.807) is 0 Å². The highest BCUT2D eigenvalue weighted by molar-refractivity contribution is 5.85. The van der Waals surface area contributed by atoms with E-state index in [-0.39, 0.29) is 24.8 Å². The predicted molar refractivity (Wildman–Crippen MR) is 82.3 cm³/mol. The molecule has 0 saturated carbocycles. The van der Waals surface area contributed by atoms with Gasteiger partial charge in [-0.3, -0.25) is 9.88 Å². The largest absolute Gasteiger partial charge is 0.379 e. The van der Waals surface area contributed by atoms with Gasteiger partial charge in [0.25, 0.3) is 0 Å². The average molecular weight is 308 g/mol. The van der Waals surface area contributed by atoms with E-state index in [1.807, 2.05) is 12.4 Å². The van der Waals surface area contributed by atoms with E-state index in [2.05, 4.69) is 27.3 Å². The summed E-state index contributed by atoms with van der Waals surface area (Å²) in [5, 5.41) is 3.46. The molecule has 0 atom stereocenters. The van der Waals surface area contributed by atoms with Crippen LogP contribution in [-0.2, 0) is 11.3 Å².